The summed E-state index contributed by atoms with van der Waals surface area (Å²) in [6, 6.07) is 16.7. The van der Waals surface area contributed by atoms with Crippen LogP contribution in [-0.2, 0) is 4.79 Å². The number of anilines is 1. The number of hydrogen-bond acceptors (Lipinski definition) is 4. The molecular weight excluding hydrogens is 340 g/mol. The summed E-state index contributed by atoms with van der Waals surface area (Å²) in [5, 5.41) is 0. The number of benzene rings is 2. The van der Waals surface area contributed by atoms with Crippen LogP contribution < -0.4 is 4.90 Å². The molecule has 0 atom stereocenters. The van der Waals surface area contributed by atoms with E-state index >= 15 is 0 Å². The minimum atomic E-state index is 0.00754. The largest absolute Gasteiger partial charge is 0.368 e. The molecule has 5 nitrogen and oxygen atoms in total. The minimum Gasteiger partial charge on any atom is -0.368 e. The highest BCUT2D eigenvalue weighted by molar-refractivity contribution is 5.98. The van der Waals surface area contributed by atoms with Crippen LogP contribution in [0.1, 0.15) is 40.5 Å². The molecule has 2 aromatic rings. The van der Waals surface area contributed by atoms with Crippen LogP contribution in [0, 0.1) is 0 Å². The van der Waals surface area contributed by atoms with Crippen LogP contribution >= 0.6 is 0 Å². The first-order valence-electron chi connectivity index (χ1n) is 9.26. The standard InChI is InChI=1S/C22H24N2O3/c1-17(25)18-7-9-20(10-8-18)23-13-15-24(16-14-23)22(27)12-11-21(26)19-5-3-2-4-6-19/h2-10H,11-16H2,1H3. The van der Waals surface area contributed by atoms with Gasteiger partial charge in [0, 0.05) is 55.8 Å². The summed E-state index contributed by atoms with van der Waals surface area (Å²) in [5.41, 5.74) is 2.42. The third-order valence-corrected chi connectivity index (χ3v) is 4.93. The summed E-state index contributed by atoms with van der Waals surface area (Å²) in [6.07, 6.45) is 0.497. The lowest BCUT2D eigenvalue weighted by molar-refractivity contribution is -0.131. The first kappa shape index (κ1) is 18.8. The van der Waals surface area contributed by atoms with Gasteiger partial charge < -0.3 is 9.80 Å². The molecule has 0 spiro atoms. The maximum atomic E-state index is 12.4. The molecule has 1 amide bonds. The molecule has 0 aliphatic carbocycles. The van der Waals surface area contributed by atoms with Gasteiger partial charge in [-0.25, -0.2) is 0 Å². The maximum absolute atomic E-state index is 12.4. The Kier molecular flexibility index (Phi) is 6.01. The second-order valence-electron chi connectivity index (χ2n) is 6.76. The molecular formula is C22H24N2O3. The zero-order chi connectivity index (χ0) is 19.2. The Bertz CT molecular complexity index is 807. The van der Waals surface area contributed by atoms with Gasteiger partial charge in [0.15, 0.2) is 11.6 Å². The van der Waals surface area contributed by atoms with Gasteiger partial charge in [0.2, 0.25) is 5.91 Å². The van der Waals surface area contributed by atoms with E-state index in [0.29, 0.717) is 24.2 Å². The second-order valence-corrected chi connectivity index (χ2v) is 6.76. The van der Waals surface area contributed by atoms with Gasteiger partial charge in [0.05, 0.1) is 0 Å². The zero-order valence-electron chi connectivity index (χ0n) is 15.6. The fourth-order valence-corrected chi connectivity index (χ4v) is 3.27. The van der Waals surface area contributed by atoms with E-state index in [9.17, 15) is 14.4 Å². The molecule has 0 saturated carbocycles. The van der Waals surface area contributed by atoms with Crippen molar-refractivity contribution in [3.05, 3.63) is 65.7 Å². The zero-order valence-corrected chi connectivity index (χ0v) is 15.6. The normalized spacial score (nSPS) is 14.1. The Morgan fingerprint density at radius 1 is 0.778 bits per heavy atom. The van der Waals surface area contributed by atoms with Gasteiger partial charge in [0.25, 0.3) is 0 Å². The van der Waals surface area contributed by atoms with Gasteiger partial charge in [-0.2, -0.15) is 0 Å². The first-order chi connectivity index (χ1) is 13.0. The van der Waals surface area contributed by atoms with Crippen molar-refractivity contribution in [1.29, 1.82) is 0 Å². The number of ketones is 2. The molecule has 140 valence electrons. The molecule has 1 heterocycles. The molecule has 1 saturated heterocycles. The third kappa shape index (κ3) is 4.82. The van der Waals surface area contributed by atoms with Crippen LogP contribution in [0.2, 0.25) is 0 Å². The average molecular weight is 364 g/mol. The van der Waals surface area contributed by atoms with Crippen molar-refractivity contribution in [3.8, 4) is 0 Å². The van der Waals surface area contributed by atoms with Gasteiger partial charge >= 0.3 is 0 Å². The summed E-state index contributed by atoms with van der Waals surface area (Å²) in [5.74, 6) is 0.0982. The van der Waals surface area contributed by atoms with Crippen molar-refractivity contribution >= 4 is 23.2 Å². The Morgan fingerprint density at radius 3 is 2.00 bits per heavy atom. The average Bonchev–Trinajstić information content (AvgIpc) is 2.72. The van der Waals surface area contributed by atoms with E-state index in [4.69, 9.17) is 0 Å². The molecule has 0 N–H and O–H groups in total. The van der Waals surface area contributed by atoms with E-state index in [1.165, 1.54) is 0 Å². The number of rotatable bonds is 6. The Hall–Kier alpha value is -2.95. The predicted molar refractivity (Wildman–Crippen MR) is 105 cm³/mol. The fourth-order valence-electron chi connectivity index (χ4n) is 3.27. The van der Waals surface area contributed by atoms with Gasteiger partial charge in [0.1, 0.15) is 0 Å². The quantitative estimate of drug-likeness (QED) is 0.739. The smallest absolute Gasteiger partial charge is 0.223 e. The van der Waals surface area contributed by atoms with Crippen LogP contribution in [0.15, 0.2) is 54.6 Å². The number of carbonyl (C=O) groups is 3. The summed E-state index contributed by atoms with van der Waals surface area (Å²) in [6.45, 7) is 4.34. The van der Waals surface area contributed by atoms with Crippen molar-refractivity contribution in [2.45, 2.75) is 19.8 Å². The van der Waals surface area contributed by atoms with E-state index in [1.807, 2.05) is 47.4 Å². The van der Waals surface area contributed by atoms with Crippen LogP contribution in [-0.4, -0.2) is 48.6 Å². The lowest BCUT2D eigenvalue weighted by Gasteiger charge is -2.36. The molecule has 0 bridgehead atoms. The molecule has 3 rings (SSSR count). The lowest BCUT2D eigenvalue weighted by Crippen LogP contribution is -2.48. The van der Waals surface area contributed by atoms with E-state index in [1.54, 1.807) is 19.1 Å². The number of carbonyl (C=O) groups excluding carboxylic acids is 3. The molecule has 1 aliphatic rings. The topological polar surface area (TPSA) is 57.7 Å². The van der Waals surface area contributed by atoms with Crippen molar-refractivity contribution in [2.24, 2.45) is 0 Å². The highest BCUT2D eigenvalue weighted by Crippen LogP contribution is 2.18. The van der Waals surface area contributed by atoms with Gasteiger partial charge in [-0.1, -0.05) is 30.3 Å². The highest BCUT2D eigenvalue weighted by atomic mass is 16.2. The van der Waals surface area contributed by atoms with Crippen LogP contribution in [0.25, 0.3) is 0 Å². The van der Waals surface area contributed by atoms with Crippen LogP contribution in [0.3, 0.4) is 0 Å². The molecule has 0 aromatic heterocycles. The van der Waals surface area contributed by atoms with Crippen LogP contribution in [0.4, 0.5) is 5.69 Å². The molecule has 1 aliphatic heterocycles. The van der Waals surface area contributed by atoms with E-state index in [2.05, 4.69) is 4.90 Å². The van der Waals surface area contributed by atoms with Gasteiger partial charge in [-0.3, -0.25) is 14.4 Å². The number of amides is 1. The monoisotopic (exact) mass is 364 g/mol. The molecule has 1 fully saturated rings. The minimum absolute atomic E-state index is 0.00754. The SMILES string of the molecule is CC(=O)c1ccc(N2CCN(C(=O)CCC(=O)c3ccccc3)CC2)cc1. The van der Waals surface area contributed by atoms with E-state index in [0.717, 1.165) is 18.8 Å². The number of Topliss-reactive ketones (excluding diaryl/α,β-unsaturated/α-hetero) is 2. The van der Waals surface area contributed by atoms with Gasteiger partial charge in [-0.15, -0.1) is 0 Å². The number of piperazine rings is 1. The van der Waals surface area contributed by atoms with Crippen molar-refractivity contribution in [1.82, 2.24) is 4.90 Å². The predicted octanol–water partition coefficient (Wildman–Crippen LogP) is 3.20. The summed E-state index contributed by atoms with van der Waals surface area (Å²) >= 11 is 0. The first-order valence-corrected chi connectivity index (χ1v) is 9.26. The lowest BCUT2D eigenvalue weighted by atomic mass is 10.1. The van der Waals surface area contributed by atoms with Crippen molar-refractivity contribution in [3.63, 3.8) is 0 Å². The molecule has 0 radical (unpaired) electrons. The molecule has 2 aromatic carbocycles. The summed E-state index contributed by atoms with van der Waals surface area (Å²) < 4.78 is 0. The second kappa shape index (κ2) is 8.62. The van der Waals surface area contributed by atoms with Crippen LogP contribution in [0.5, 0.6) is 0 Å². The Balaban J connectivity index is 1.47. The number of hydrogen-bond donors (Lipinski definition) is 0. The molecule has 27 heavy (non-hydrogen) atoms. The van der Waals surface area contributed by atoms with E-state index < -0.39 is 0 Å². The van der Waals surface area contributed by atoms with Crippen molar-refractivity contribution in [2.75, 3.05) is 31.1 Å². The molecule has 0 unspecified atom stereocenters. The number of nitrogens with zero attached hydrogens (tertiary/aromatic N) is 2. The highest BCUT2D eigenvalue weighted by Gasteiger charge is 2.22. The van der Waals surface area contributed by atoms with E-state index in [-0.39, 0.29) is 30.3 Å². The van der Waals surface area contributed by atoms with Crippen molar-refractivity contribution < 1.29 is 14.4 Å². The fraction of sp³-hybridized carbons (Fsp3) is 0.318. The Labute approximate surface area is 159 Å². The summed E-state index contributed by atoms with van der Waals surface area (Å²) in [4.78, 5) is 40.0. The summed E-state index contributed by atoms with van der Waals surface area (Å²) in [7, 11) is 0. The van der Waals surface area contributed by atoms with Gasteiger partial charge in [-0.05, 0) is 31.2 Å². The Morgan fingerprint density at radius 2 is 1.41 bits per heavy atom. The maximum Gasteiger partial charge on any atom is 0.223 e. The molecule has 5 heteroatoms. The third-order valence-electron chi connectivity index (χ3n) is 4.93.